The van der Waals surface area contributed by atoms with Gasteiger partial charge < -0.3 is 19.5 Å². The van der Waals surface area contributed by atoms with Crippen LogP contribution in [0.5, 0.6) is 11.5 Å². The van der Waals surface area contributed by atoms with Crippen molar-refractivity contribution < 1.29 is 28.6 Å². The van der Waals surface area contributed by atoms with Gasteiger partial charge in [0.05, 0.1) is 11.3 Å². The Labute approximate surface area is 175 Å². The minimum Gasteiger partial charge on any atom is -0.486 e. The van der Waals surface area contributed by atoms with E-state index in [9.17, 15) is 14.4 Å². The average Bonchev–Trinajstić information content (AvgIpc) is 3.32. The van der Waals surface area contributed by atoms with Gasteiger partial charge in [-0.1, -0.05) is 0 Å². The van der Waals surface area contributed by atoms with E-state index in [0.717, 1.165) is 0 Å². The molecule has 0 aliphatic carbocycles. The first-order valence-electron chi connectivity index (χ1n) is 9.09. The number of nitrogens with one attached hydrogen (secondary N) is 2. The van der Waals surface area contributed by atoms with Crippen molar-refractivity contribution in [1.82, 2.24) is 25.5 Å². The zero-order valence-corrected chi connectivity index (χ0v) is 16.0. The molecule has 3 amide bonds. The molecule has 0 fully saturated rings. The molecule has 31 heavy (non-hydrogen) atoms. The summed E-state index contributed by atoms with van der Waals surface area (Å²) in [6, 6.07) is 10.3. The molecular formula is C19H16N6O6. The number of hydrogen-bond donors (Lipinski definition) is 2. The van der Waals surface area contributed by atoms with E-state index in [1.807, 2.05) is 0 Å². The number of fused-ring (bicyclic) bond motifs is 1. The van der Waals surface area contributed by atoms with Crippen LogP contribution in [0.15, 0.2) is 48.8 Å². The number of esters is 1. The van der Waals surface area contributed by atoms with Crippen molar-refractivity contribution in [2.24, 2.45) is 0 Å². The number of aromatic nitrogens is 4. The first-order valence-corrected chi connectivity index (χ1v) is 9.09. The van der Waals surface area contributed by atoms with E-state index in [-0.39, 0.29) is 5.56 Å². The van der Waals surface area contributed by atoms with Crippen LogP contribution >= 0.6 is 0 Å². The third-order valence-electron chi connectivity index (χ3n) is 4.10. The van der Waals surface area contributed by atoms with Crippen LogP contribution in [0.1, 0.15) is 10.4 Å². The molecule has 0 radical (unpaired) electrons. The Balaban J connectivity index is 1.25. The Kier molecular flexibility index (Phi) is 5.69. The predicted octanol–water partition coefficient (Wildman–Crippen LogP) is 0.939. The predicted molar refractivity (Wildman–Crippen MR) is 104 cm³/mol. The van der Waals surface area contributed by atoms with E-state index < -0.39 is 24.5 Å². The fourth-order valence-corrected chi connectivity index (χ4v) is 2.69. The van der Waals surface area contributed by atoms with Gasteiger partial charge in [0.2, 0.25) is 0 Å². The fraction of sp³-hybridized carbons (Fsp3) is 0.158. The van der Waals surface area contributed by atoms with E-state index in [1.165, 1.54) is 23.1 Å². The zero-order chi connectivity index (χ0) is 21.6. The molecule has 1 aliphatic rings. The Bertz CT molecular complexity index is 1100. The number of ether oxygens (including phenoxy) is 3. The molecular weight excluding hydrogens is 408 g/mol. The standard InChI is InChI=1S/C19H16N6O6/c26-17(22-19(28)21-13-3-6-15-16(9-13)30-8-7-29-15)10-31-18(27)12-1-4-14(5-2-12)25-11-20-23-24-25/h1-6,9,11H,7-8,10H2,(H2,21,22,26,28). The van der Waals surface area contributed by atoms with Crippen LogP contribution < -0.4 is 20.1 Å². The maximum Gasteiger partial charge on any atom is 0.338 e. The fourth-order valence-electron chi connectivity index (χ4n) is 2.69. The number of amides is 3. The van der Waals surface area contributed by atoms with E-state index in [0.29, 0.717) is 36.1 Å². The van der Waals surface area contributed by atoms with Gasteiger partial charge in [-0.15, -0.1) is 5.10 Å². The van der Waals surface area contributed by atoms with Crippen LogP contribution in [-0.2, 0) is 9.53 Å². The number of urea groups is 1. The molecule has 1 aromatic heterocycles. The lowest BCUT2D eigenvalue weighted by atomic mass is 10.2. The molecule has 0 atom stereocenters. The highest BCUT2D eigenvalue weighted by Gasteiger charge is 2.15. The van der Waals surface area contributed by atoms with Gasteiger partial charge in [0.1, 0.15) is 19.5 Å². The van der Waals surface area contributed by atoms with Crippen molar-refractivity contribution in [3.63, 3.8) is 0 Å². The van der Waals surface area contributed by atoms with Crippen molar-refractivity contribution in [3.05, 3.63) is 54.4 Å². The van der Waals surface area contributed by atoms with Gasteiger partial charge in [0.25, 0.3) is 5.91 Å². The van der Waals surface area contributed by atoms with Crippen molar-refractivity contribution in [1.29, 1.82) is 0 Å². The molecule has 2 N–H and O–H groups in total. The highest BCUT2D eigenvalue weighted by molar-refractivity contribution is 6.02. The summed E-state index contributed by atoms with van der Waals surface area (Å²) in [5, 5.41) is 15.4. The van der Waals surface area contributed by atoms with Crippen LogP contribution in [0.25, 0.3) is 5.69 Å². The molecule has 12 heteroatoms. The topological polar surface area (TPSA) is 147 Å². The zero-order valence-electron chi connectivity index (χ0n) is 16.0. The van der Waals surface area contributed by atoms with Crippen LogP contribution in [0.3, 0.4) is 0 Å². The van der Waals surface area contributed by atoms with Crippen molar-refractivity contribution in [2.45, 2.75) is 0 Å². The number of carbonyl (C=O) groups excluding carboxylic acids is 3. The molecule has 0 bridgehead atoms. The number of imide groups is 1. The Hall–Kier alpha value is -4.48. The minimum atomic E-state index is -0.784. The maximum absolute atomic E-state index is 12.1. The first kappa shape index (κ1) is 19.8. The first-order chi connectivity index (χ1) is 15.1. The normalized spacial score (nSPS) is 12.0. The van der Waals surface area contributed by atoms with Gasteiger partial charge in [0.15, 0.2) is 18.1 Å². The second-order valence-electron chi connectivity index (χ2n) is 6.24. The van der Waals surface area contributed by atoms with E-state index in [4.69, 9.17) is 14.2 Å². The van der Waals surface area contributed by atoms with E-state index in [1.54, 1.807) is 30.3 Å². The summed E-state index contributed by atoms with van der Waals surface area (Å²) in [7, 11) is 0. The number of tetrazole rings is 1. The average molecular weight is 424 g/mol. The molecule has 0 saturated carbocycles. The molecule has 0 spiro atoms. The minimum absolute atomic E-state index is 0.227. The van der Waals surface area contributed by atoms with Gasteiger partial charge in [-0.05, 0) is 46.8 Å². The number of nitrogens with zero attached hydrogens (tertiary/aromatic N) is 4. The highest BCUT2D eigenvalue weighted by Crippen LogP contribution is 2.32. The van der Waals surface area contributed by atoms with Crippen molar-refractivity contribution in [3.8, 4) is 17.2 Å². The molecule has 158 valence electrons. The van der Waals surface area contributed by atoms with Gasteiger partial charge in [0, 0.05) is 11.8 Å². The SMILES string of the molecule is O=C(COC(=O)c1ccc(-n2cnnn2)cc1)NC(=O)Nc1ccc2c(c1)OCCO2. The molecule has 2 aromatic carbocycles. The third kappa shape index (κ3) is 4.93. The summed E-state index contributed by atoms with van der Waals surface area (Å²) in [4.78, 5) is 36.0. The lowest BCUT2D eigenvalue weighted by Crippen LogP contribution is -2.37. The lowest BCUT2D eigenvalue weighted by molar-refractivity contribution is -0.123. The molecule has 0 unspecified atom stereocenters. The largest absolute Gasteiger partial charge is 0.486 e. The summed E-state index contributed by atoms with van der Waals surface area (Å²) in [6.45, 7) is 0.242. The van der Waals surface area contributed by atoms with Crippen molar-refractivity contribution >= 4 is 23.6 Å². The summed E-state index contributed by atoms with van der Waals surface area (Å²) < 4.78 is 17.2. The molecule has 2 heterocycles. The van der Waals surface area contributed by atoms with E-state index >= 15 is 0 Å². The Morgan fingerprint density at radius 1 is 1.03 bits per heavy atom. The molecule has 0 saturated heterocycles. The van der Waals surface area contributed by atoms with Gasteiger partial charge >= 0.3 is 12.0 Å². The van der Waals surface area contributed by atoms with Crippen molar-refractivity contribution in [2.75, 3.05) is 25.1 Å². The quantitative estimate of drug-likeness (QED) is 0.571. The van der Waals surface area contributed by atoms with Gasteiger partial charge in [-0.3, -0.25) is 10.1 Å². The number of carbonyl (C=O) groups is 3. The molecule has 1 aliphatic heterocycles. The summed E-state index contributed by atoms with van der Waals surface area (Å²) >= 11 is 0. The van der Waals surface area contributed by atoms with E-state index in [2.05, 4.69) is 26.2 Å². The summed E-state index contributed by atoms with van der Waals surface area (Å²) in [5.41, 5.74) is 1.29. The van der Waals surface area contributed by atoms with Crippen LogP contribution in [0.2, 0.25) is 0 Å². The number of anilines is 1. The van der Waals surface area contributed by atoms with Crippen LogP contribution in [-0.4, -0.2) is 57.9 Å². The Morgan fingerprint density at radius 2 is 1.81 bits per heavy atom. The molecule has 12 nitrogen and oxygen atoms in total. The lowest BCUT2D eigenvalue weighted by Gasteiger charge is -2.19. The number of benzene rings is 2. The summed E-state index contributed by atoms with van der Waals surface area (Å²) in [5.74, 6) is -0.430. The molecule has 3 aromatic rings. The monoisotopic (exact) mass is 424 g/mol. The van der Waals surface area contributed by atoms with Crippen LogP contribution in [0.4, 0.5) is 10.5 Å². The second kappa shape index (κ2) is 8.90. The Morgan fingerprint density at radius 3 is 2.55 bits per heavy atom. The molecule has 4 rings (SSSR count). The smallest absolute Gasteiger partial charge is 0.338 e. The number of hydrogen-bond acceptors (Lipinski definition) is 9. The van der Waals surface area contributed by atoms with Gasteiger partial charge in [-0.2, -0.15) is 0 Å². The number of rotatable bonds is 5. The summed E-state index contributed by atoms with van der Waals surface area (Å²) in [6.07, 6.45) is 1.41. The van der Waals surface area contributed by atoms with Crippen LogP contribution in [0, 0.1) is 0 Å². The highest BCUT2D eigenvalue weighted by atomic mass is 16.6. The maximum atomic E-state index is 12.1. The second-order valence-corrected chi connectivity index (χ2v) is 6.24. The van der Waals surface area contributed by atoms with Gasteiger partial charge in [-0.25, -0.2) is 14.3 Å². The third-order valence-corrected chi connectivity index (χ3v) is 4.10.